The number of halogens is 3. The monoisotopic (exact) mass is 126 g/mol. The first-order valence-electron chi connectivity index (χ1n) is 0. The van der Waals surface area contributed by atoms with E-state index in [1.807, 2.05) is 0 Å². The van der Waals surface area contributed by atoms with Crippen LogP contribution in [0.25, 0.3) is 0 Å². The van der Waals surface area contributed by atoms with Crippen molar-refractivity contribution >= 4 is 19.8 Å². The second-order valence-electron chi connectivity index (χ2n) is 0. The van der Waals surface area contributed by atoms with Crippen molar-refractivity contribution in [2.24, 2.45) is 0 Å². The van der Waals surface area contributed by atoms with Crippen LogP contribution in [0, 0.1) is 0 Å². The van der Waals surface area contributed by atoms with Gasteiger partial charge in [0.15, 0.2) is 0 Å². The zero-order valence-corrected chi connectivity index (χ0v) is 4.13. The summed E-state index contributed by atoms with van der Waals surface area (Å²) in [7, 11) is 0. The van der Waals surface area contributed by atoms with Gasteiger partial charge in [0.1, 0.15) is 0 Å². The Morgan fingerprint density at radius 3 is 0.500 bits per heavy atom. The van der Waals surface area contributed by atoms with Crippen LogP contribution in [0.3, 0.4) is 0 Å². The average molecular weight is 127 g/mol. The van der Waals surface area contributed by atoms with Gasteiger partial charge in [-0.05, 0) is 0 Å². The van der Waals surface area contributed by atoms with E-state index < -0.39 is 0 Å². The topological polar surface area (TPSA) is 0 Å². The van der Waals surface area contributed by atoms with E-state index in [0.29, 0.717) is 0 Å². The Morgan fingerprint density at radius 2 is 0.500 bits per heavy atom. The van der Waals surface area contributed by atoms with Gasteiger partial charge in [-0.3, -0.25) is 0 Å². The van der Waals surface area contributed by atoms with Gasteiger partial charge in [0.25, 0.3) is 0 Å². The van der Waals surface area contributed by atoms with Crippen molar-refractivity contribution < 1.29 is 14.1 Å². The molecule has 0 spiro atoms. The van der Waals surface area contributed by atoms with E-state index in [4.69, 9.17) is 0 Å². The zero-order valence-electron chi connectivity index (χ0n) is 1.71. The fourth-order valence-corrected chi connectivity index (χ4v) is 0. The molecule has 0 unspecified atom stereocenters. The molecule has 0 N–H and O–H groups in total. The third-order valence-electron chi connectivity index (χ3n) is 0. The van der Waals surface area contributed by atoms with Gasteiger partial charge >= 0.3 is 19.8 Å². The largest absolute Gasteiger partial charge is 3.00 e. The molecule has 4 heavy (non-hydrogen) atoms. The number of rotatable bonds is 0. The number of hydrogen-bond donors (Lipinski definition) is 0. The van der Waals surface area contributed by atoms with Gasteiger partial charge in [0.05, 0.1) is 0 Å². The summed E-state index contributed by atoms with van der Waals surface area (Å²) in [6, 6.07) is 0. The molecule has 4 heteroatoms. The van der Waals surface area contributed by atoms with E-state index in [0.717, 1.165) is 0 Å². The zero-order chi connectivity index (χ0) is 0. The molecule has 0 nitrogen and oxygen atoms in total. The van der Waals surface area contributed by atoms with E-state index in [-0.39, 0.29) is 33.9 Å². The van der Waals surface area contributed by atoms with Crippen molar-refractivity contribution in [2.45, 2.75) is 0 Å². The second kappa shape index (κ2) is 111. The van der Waals surface area contributed by atoms with Crippen LogP contribution in [0.2, 0.25) is 0 Å². The Hall–Kier alpha value is 0.426. The normalized spacial score (nSPS) is 0. The Labute approximate surface area is 34.7 Å². The number of hydrogen-bond acceptors (Lipinski definition) is 0. The second-order valence-corrected chi connectivity index (χ2v) is 0. The SMILES string of the molecule is [F-].[F-].[F-].[Ga+3]. The molecule has 0 radical (unpaired) electrons. The smallest absolute Gasteiger partial charge is 1.00 e. The molecule has 0 fully saturated rings. The van der Waals surface area contributed by atoms with Gasteiger partial charge < -0.3 is 14.1 Å². The molecule has 0 saturated heterocycles. The molecule has 24 valence electrons. The van der Waals surface area contributed by atoms with Gasteiger partial charge in [0, 0.05) is 0 Å². The molecule has 0 aliphatic heterocycles. The predicted molar refractivity (Wildman–Crippen MR) is 5.75 cm³/mol. The van der Waals surface area contributed by atoms with E-state index in [1.165, 1.54) is 0 Å². The van der Waals surface area contributed by atoms with Crippen LogP contribution in [-0.4, -0.2) is 19.8 Å². The molecule has 0 saturated carbocycles. The molecule has 0 aliphatic carbocycles. The Morgan fingerprint density at radius 1 is 0.500 bits per heavy atom. The van der Waals surface area contributed by atoms with Crippen molar-refractivity contribution in [2.75, 3.05) is 0 Å². The summed E-state index contributed by atoms with van der Waals surface area (Å²) in [6.45, 7) is 0. The molecule has 0 aromatic carbocycles. The minimum absolute atomic E-state index is 0. The van der Waals surface area contributed by atoms with Crippen LogP contribution >= 0.6 is 0 Å². The van der Waals surface area contributed by atoms with Crippen LogP contribution in [-0.2, 0) is 0 Å². The summed E-state index contributed by atoms with van der Waals surface area (Å²) < 4.78 is 0. The standard InChI is InChI=1S/3FH.Ga/h3*1H;/q;;;+3/p-3. The van der Waals surface area contributed by atoms with Gasteiger partial charge in [-0.1, -0.05) is 0 Å². The summed E-state index contributed by atoms with van der Waals surface area (Å²) in [5, 5.41) is 0. The van der Waals surface area contributed by atoms with E-state index in [2.05, 4.69) is 0 Å². The average Bonchev–Trinajstić information content (AvgIpc) is 0. The summed E-state index contributed by atoms with van der Waals surface area (Å²) in [6.07, 6.45) is 0. The molecule has 0 aromatic rings. The third-order valence-corrected chi connectivity index (χ3v) is 0. The van der Waals surface area contributed by atoms with Gasteiger partial charge in [-0.25, -0.2) is 0 Å². The van der Waals surface area contributed by atoms with Gasteiger partial charge in [-0.2, -0.15) is 0 Å². The van der Waals surface area contributed by atoms with Gasteiger partial charge in [-0.15, -0.1) is 0 Å². The van der Waals surface area contributed by atoms with E-state index in [1.54, 1.807) is 0 Å². The molecule has 0 aromatic heterocycles. The molecular formula is F3Ga. The van der Waals surface area contributed by atoms with E-state index >= 15 is 0 Å². The summed E-state index contributed by atoms with van der Waals surface area (Å²) >= 11 is 0. The van der Waals surface area contributed by atoms with Crippen molar-refractivity contribution in [3.05, 3.63) is 0 Å². The maximum atomic E-state index is 0. The van der Waals surface area contributed by atoms with Crippen LogP contribution in [0.15, 0.2) is 0 Å². The predicted octanol–water partition coefficient (Wildman–Crippen LogP) is -9.37. The Bertz CT molecular complexity index is 3.25. The van der Waals surface area contributed by atoms with Crippen molar-refractivity contribution in [3.63, 3.8) is 0 Å². The minimum Gasteiger partial charge on any atom is -1.00 e. The summed E-state index contributed by atoms with van der Waals surface area (Å²) in [4.78, 5) is 0. The molecular weight excluding hydrogens is 127 g/mol. The Balaban J connectivity index is 0. The van der Waals surface area contributed by atoms with Crippen LogP contribution < -0.4 is 14.1 Å². The summed E-state index contributed by atoms with van der Waals surface area (Å²) in [5.74, 6) is 0. The summed E-state index contributed by atoms with van der Waals surface area (Å²) in [5.41, 5.74) is 0. The maximum Gasteiger partial charge on any atom is 3.00 e. The van der Waals surface area contributed by atoms with Crippen LogP contribution in [0.4, 0.5) is 0 Å². The minimum atomic E-state index is 0. The van der Waals surface area contributed by atoms with Crippen LogP contribution in [0.5, 0.6) is 0 Å². The molecule has 0 heterocycles. The third kappa shape index (κ3) is 27.2. The van der Waals surface area contributed by atoms with Gasteiger partial charge in [0.2, 0.25) is 0 Å². The molecule has 0 rings (SSSR count). The maximum absolute atomic E-state index is 0. The molecule has 0 bridgehead atoms. The van der Waals surface area contributed by atoms with Crippen molar-refractivity contribution in [1.82, 2.24) is 0 Å². The van der Waals surface area contributed by atoms with Crippen LogP contribution in [0.1, 0.15) is 0 Å². The molecule has 0 aliphatic rings. The van der Waals surface area contributed by atoms with Crippen molar-refractivity contribution in [3.8, 4) is 0 Å². The quantitative estimate of drug-likeness (QED) is 0.283. The molecule has 0 atom stereocenters. The molecule has 0 amide bonds. The fraction of sp³-hybridized carbons (Fsp3) is 0. The van der Waals surface area contributed by atoms with E-state index in [9.17, 15) is 0 Å². The Kier molecular flexibility index (Phi) is 7930. The first-order chi connectivity index (χ1) is 0. The van der Waals surface area contributed by atoms with Crippen molar-refractivity contribution in [1.29, 1.82) is 0 Å². The fourth-order valence-electron chi connectivity index (χ4n) is 0. The first kappa shape index (κ1) is 286. The first-order valence-corrected chi connectivity index (χ1v) is 0.